The number of aromatic nitrogens is 1. The molecule has 0 atom stereocenters. The van der Waals surface area contributed by atoms with Crippen LogP contribution >= 0.6 is 0 Å². The van der Waals surface area contributed by atoms with Crippen molar-refractivity contribution in [2.75, 3.05) is 0 Å². The fourth-order valence-electron chi connectivity index (χ4n) is 0.782. The van der Waals surface area contributed by atoms with Crippen molar-refractivity contribution in [2.24, 2.45) is 0 Å². The summed E-state index contributed by atoms with van der Waals surface area (Å²) >= 11 is 0. The quantitative estimate of drug-likeness (QED) is 0.690. The Balaban J connectivity index is 2.97. The molecule has 0 aliphatic rings. The van der Waals surface area contributed by atoms with Gasteiger partial charge in [-0.05, 0) is 20.8 Å². The monoisotopic (exact) mass is 175 g/mol. The Morgan fingerprint density at radius 1 is 1.50 bits per heavy atom. The molecule has 68 valence electrons. The van der Waals surface area contributed by atoms with Crippen molar-refractivity contribution in [2.45, 2.75) is 32.6 Å². The zero-order chi connectivity index (χ0) is 9.35. The topological polar surface area (TPSA) is 26.0 Å². The summed E-state index contributed by atoms with van der Waals surface area (Å²) in [7, 11) is 0. The third kappa shape index (κ3) is 1.47. The van der Waals surface area contributed by atoms with Crippen LogP contribution in [-0.2, 0) is 5.41 Å². The zero-order valence-electron chi connectivity index (χ0n) is 7.27. The van der Waals surface area contributed by atoms with E-state index in [-0.39, 0.29) is 0 Å². The first-order valence-electron chi connectivity index (χ1n) is 3.66. The van der Waals surface area contributed by atoms with Crippen LogP contribution in [0.3, 0.4) is 0 Å². The maximum absolute atomic E-state index is 12.4. The second-order valence-corrected chi connectivity index (χ2v) is 3.35. The van der Waals surface area contributed by atoms with E-state index in [0.717, 1.165) is 0 Å². The van der Waals surface area contributed by atoms with Gasteiger partial charge in [-0.2, -0.15) is 0 Å². The average molecular weight is 175 g/mol. The van der Waals surface area contributed by atoms with Gasteiger partial charge in [-0.1, -0.05) is 5.16 Å². The number of rotatable bonds is 2. The predicted octanol–water partition coefficient (Wildman–Crippen LogP) is 2.53. The maximum atomic E-state index is 12.4. The number of hydrogen-bond acceptors (Lipinski definition) is 2. The highest BCUT2D eigenvalue weighted by Gasteiger charge is 2.34. The molecule has 0 radical (unpaired) electrons. The van der Waals surface area contributed by atoms with Gasteiger partial charge in [0.15, 0.2) is 0 Å². The van der Waals surface area contributed by atoms with Crippen LogP contribution in [0.1, 0.15) is 25.3 Å². The molecule has 1 aromatic rings. The number of halogens is 2. The minimum atomic E-state index is -2.43. The zero-order valence-corrected chi connectivity index (χ0v) is 7.27. The Bertz CT molecular complexity index is 268. The van der Waals surface area contributed by atoms with E-state index < -0.39 is 11.8 Å². The lowest BCUT2D eigenvalue weighted by Crippen LogP contribution is -2.27. The fraction of sp³-hybridized carbons (Fsp3) is 0.625. The SMILES string of the molecule is Cc1cc(C(C)(C)C(F)F)no1. The summed E-state index contributed by atoms with van der Waals surface area (Å²) in [6.45, 7) is 4.56. The first-order valence-corrected chi connectivity index (χ1v) is 3.66. The van der Waals surface area contributed by atoms with Crippen molar-refractivity contribution in [1.29, 1.82) is 0 Å². The standard InChI is InChI=1S/C8H11F2NO/c1-5-4-6(11-12-5)8(2,3)7(9)10/h4,7H,1-3H3. The lowest BCUT2D eigenvalue weighted by Gasteiger charge is -2.19. The summed E-state index contributed by atoms with van der Waals surface area (Å²) in [6, 6.07) is 1.53. The van der Waals surface area contributed by atoms with E-state index in [0.29, 0.717) is 11.5 Å². The molecule has 0 aliphatic heterocycles. The molecule has 0 saturated heterocycles. The molecule has 2 nitrogen and oxygen atoms in total. The van der Waals surface area contributed by atoms with E-state index in [4.69, 9.17) is 4.52 Å². The Labute approximate surface area is 69.6 Å². The van der Waals surface area contributed by atoms with Crippen LogP contribution in [0.4, 0.5) is 8.78 Å². The molecule has 0 unspecified atom stereocenters. The molecule has 0 saturated carbocycles. The van der Waals surface area contributed by atoms with E-state index in [1.807, 2.05) is 0 Å². The van der Waals surface area contributed by atoms with E-state index >= 15 is 0 Å². The van der Waals surface area contributed by atoms with Gasteiger partial charge in [0.1, 0.15) is 5.76 Å². The van der Waals surface area contributed by atoms with Crippen LogP contribution in [0.15, 0.2) is 10.6 Å². The van der Waals surface area contributed by atoms with Gasteiger partial charge in [-0.15, -0.1) is 0 Å². The third-order valence-corrected chi connectivity index (χ3v) is 1.83. The first kappa shape index (κ1) is 9.16. The van der Waals surface area contributed by atoms with Gasteiger partial charge in [-0.25, -0.2) is 8.78 Å². The van der Waals surface area contributed by atoms with Crippen LogP contribution in [0.2, 0.25) is 0 Å². The molecule has 0 spiro atoms. The van der Waals surface area contributed by atoms with Crippen molar-refractivity contribution in [3.05, 3.63) is 17.5 Å². The number of aryl methyl sites for hydroxylation is 1. The summed E-state index contributed by atoms with van der Waals surface area (Å²) < 4.78 is 29.6. The van der Waals surface area contributed by atoms with Crippen molar-refractivity contribution in [3.63, 3.8) is 0 Å². The second kappa shape index (κ2) is 2.84. The van der Waals surface area contributed by atoms with E-state index in [1.54, 1.807) is 6.92 Å². The van der Waals surface area contributed by atoms with E-state index in [9.17, 15) is 8.78 Å². The molecule has 0 amide bonds. The summed E-state index contributed by atoms with van der Waals surface area (Å²) in [4.78, 5) is 0. The van der Waals surface area contributed by atoms with E-state index in [2.05, 4.69) is 5.16 Å². The van der Waals surface area contributed by atoms with E-state index in [1.165, 1.54) is 19.9 Å². The molecule has 0 aliphatic carbocycles. The first-order chi connectivity index (χ1) is 5.44. The lowest BCUT2D eigenvalue weighted by atomic mass is 9.90. The van der Waals surface area contributed by atoms with Gasteiger partial charge >= 0.3 is 0 Å². The average Bonchev–Trinajstić information content (AvgIpc) is 2.35. The normalized spacial score (nSPS) is 12.5. The summed E-state index contributed by atoms with van der Waals surface area (Å²) in [6.07, 6.45) is -2.43. The highest BCUT2D eigenvalue weighted by atomic mass is 19.3. The largest absolute Gasteiger partial charge is 0.361 e. The third-order valence-electron chi connectivity index (χ3n) is 1.83. The molecule has 12 heavy (non-hydrogen) atoms. The molecule has 1 rings (SSSR count). The molecule has 1 heterocycles. The van der Waals surface area contributed by atoms with Crippen LogP contribution in [-0.4, -0.2) is 11.6 Å². The van der Waals surface area contributed by atoms with Crippen molar-refractivity contribution >= 4 is 0 Å². The second-order valence-electron chi connectivity index (χ2n) is 3.35. The predicted molar refractivity (Wildman–Crippen MR) is 40.3 cm³/mol. The Kier molecular flexibility index (Phi) is 2.17. The van der Waals surface area contributed by atoms with Gasteiger partial charge in [0.2, 0.25) is 6.43 Å². The Morgan fingerprint density at radius 3 is 2.42 bits per heavy atom. The summed E-state index contributed by atoms with van der Waals surface area (Å²) in [5, 5.41) is 3.55. The highest BCUT2D eigenvalue weighted by Crippen LogP contribution is 2.29. The summed E-state index contributed by atoms with van der Waals surface area (Å²) in [5.41, 5.74) is -0.924. The Morgan fingerprint density at radius 2 is 2.08 bits per heavy atom. The van der Waals surface area contributed by atoms with Crippen LogP contribution in [0, 0.1) is 6.92 Å². The lowest BCUT2D eigenvalue weighted by molar-refractivity contribution is 0.0652. The van der Waals surface area contributed by atoms with Gasteiger partial charge in [0, 0.05) is 6.07 Å². The number of nitrogens with zero attached hydrogens (tertiary/aromatic N) is 1. The van der Waals surface area contributed by atoms with Gasteiger partial charge < -0.3 is 4.52 Å². The molecular weight excluding hydrogens is 164 g/mol. The minimum Gasteiger partial charge on any atom is -0.361 e. The smallest absolute Gasteiger partial charge is 0.249 e. The minimum absolute atomic E-state index is 0.301. The van der Waals surface area contributed by atoms with Crippen molar-refractivity contribution in [1.82, 2.24) is 5.16 Å². The van der Waals surface area contributed by atoms with Crippen molar-refractivity contribution in [3.8, 4) is 0 Å². The highest BCUT2D eigenvalue weighted by molar-refractivity contribution is 5.15. The fourth-order valence-corrected chi connectivity index (χ4v) is 0.782. The number of alkyl halides is 2. The van der Waals surface area contributed by atoms with Crippen LogP contribution in [0.5, 0.6) is 0 Å². The molecule has 0 N–H and O–H groups in total. The van der Waals surface area contributed by atoms with Crippen LogP contribution in [0.25, 0.3) is 0 Å². The van der Waals surface area contributed by atoms with Crippen molar-refractivity contribution < 1.29 is 13.3 Å². The molecule has 4 heteroatoms. The molecular formula is C8H11F2NO. The molecule has 1 aromatic heterocycles. The van der Waals surface area contributed by atoms with Gasteiger partial charge in [0.25, 0.3) is 0 Å². The van der Waals surface area contributed by atoms with Gasteiger partial charge in [0.05, 0.1) is 11.1 Å². The molecule has 0 bridgehead atoms. The number of hydrogen-bond donors (Lipinski definition) is 0. The van der Waals surface area contributed by atoms with Gasteiger partial charge in [-0.3, -0.25) is 0 Å². The molecule has 0 aromatic carbocycles. The summed E-state index contributed by atoms with van der Waals surface area (Å²) in [5.74, 6) is 0.554. The Hall–Kier alpha value is -0.930. The maximum Gasteiger partial charge on any atom is 0.249 e. The molecule has 0 fully saturated rings. The van der Waals surface area contributed by atoms with Crippen LogP contribution < -0.4 is 0 Å².